The highest BCUT2D eigenvalue weighted by Gasteiger charge is 2.25. The van der Waals surface area contributed by atoms with E-state index in [0.717, 1.165) is 19.4 Å². The van der Waals surface area contributed by atoms with E-state index in [9.17, 15) is 14.4 Å². The second kappa shape index (κ2) is 8.37. The van der Waals surface area contributed by atoms with E-state index in [1.165, 1.54) is 6.07 Å². The van der Waals surface area contributed by atoms with Crippen LogP contribution in [-0.4, -0.2) is 40.2 Å². The minimum Gasteiger partial charge on any atom is -0.411 e. The van der Waals surface area contributed by atoms with Gasteiger partial charge in [-0.25, -0.2) is 9.02 Å². The number of benzene rings is 1. The zero-order valence-electron chi connectivity index (χ0n) is 13.7. The molecule has 0 aliphatic carbocycles. The molecule has 3 rings (SSSR count). The van der Waals surface area contributed by atoms with Crippen LogP contribution in [-0.2, 0) is 11.2 Å². The van der Waals surface area contributed by atoms with Crippen LogP contribution in [0.4, 0.5) is 10.2 Å². The Hall–Kier alpha value is -2.33. The van der Waals surface area contributed by atoms with Crippen molar-refractivity contribution in [2.75, 3.05) is 18.4 Å². The van der Waals surface area contributed by atoms with Gasteiger partial charge in [-0.2, -0.15) is 0 Å². The van der Waals surface area contributed by atoms with Crippen molar-refractivity contribution < 1.29 is 19.0 Å². The molecule has 1 aromatic heterocycles. The zero-order valence-corrected chi connectivity index (χ0v) is 15.3. The van der Waals surface area contributed by atoms with E-state index >= 15 is 0 Å². The van der Waals surface area contributed by atoms with Crippen molar-refractivity contribution in [3.05, 3.63) is 39.7 Å². The lowest BCUT2D eigenvalue weighted by Crippen LogP contribution is -2.37. The number of rotatable bonds is 5. The summed E-state index contributed by atoms with van der Waals surface area (Å²) in [6.45, 7) is 1.49. The first kappa shape index (κ1) is 18.5. The predicted octanol–water partition coefficient (Wildman–Crippen LogP) is 2.33. The first-order valence-electron chi connectivity index (χ1n) is 8.08. The molecule has 0 radical (unpaired) electrons. The minimum atomic E-state index is -0.395. The summed E-state index contributed by atoms with van der Waals surface area (Å²) in [5, 5.41) is 25.9. The number of hydrogen-bond acceptors (Lipinski definition) is 7. The number of amides is 1. The Kier molecular flexibility index (Phi) is 5.94. The van der Waals surface area contributed by atoms with Gasteiger partial charge in [-0.15, -0.1) is 0 Å². The maximum Gasteiger partial charge on any atom is 0.230 e. The smallest absolute Gasteiger partial charge is 0.230 e. The van der Waals surface area contributed by atoms with E-state index in [1.807, 2.05) is 0 Å². The highest BCUT2D eigenvalue weighted by Crippen LogP contribution is 2.20. The monoisotopic (exact) mass is 425 g/mol. The van der Waals surface area contributed by atoms with E-state index in [0.29, 0.717) is 16.6 Å². The summed E-state index contributed by atoms with van der Waals surface area (Å²) in [6.07, 6.45) is 1.85. The van der Waals surface area contributed by atoms with Gasteiger partial charge in [0.15, 0.2) is 5.69 Å². The quantitative estimate of drug-likeness (QED) is 0.384. The first-order valence-corrected chi connectivity index (χ1v) is 8.87. The van der Waals surface area contributed by atoms with Crippen LogP contribution in [0, 0.1) is 11.7 Å². The maximum atomic E-state index is 13.4. The lowest BCUT2D eigenvalue weighted by Gasteiger charge is -2.21. The van der Waals surface area contributed by atoms with Gasteiger partial charge in [-0.3, -0.25) is 4.79 Å². The standard InChI is InChI=1S/C16H17BrFN5O3/c17-11-6-9(3-4-12(11)18)7-13(21-25)14-15(23-26-22-14)20-16(24)10-2-1-5-19-8-10/h3-4,6,10,19,25H,1-2,5,7-8H2,(H,20,23,24)/b21-13+. The van der Waals surface area contributed by atoms with Crippen LogP contribution in [0.15, 0.2) is 32.5 Å². The Bertz CT molecular complexity index is 820. The number of aromatic nitrogens is 2. The molecule has 1 aromatic carbocycles. The molecule has 0 saturated carbocycles. The second-order valence-electron chi connectivity index (χ2n) is 5.97. The fourth-order valence-corrected chi connectivity index (χ4v) is 3.19. The van der Waals surface area contributed by atoms with Crippen LogP contribution >= 0.6 is 15.9 Å². The van der Waals surface area contributed by atoms with Crippen LogP contribution < -0.4 is 10.6 Å². The fourth-order valence-electron chi connectivity index (χ4n) is 2.76. The minimum absolute atomic E-state index is 0.0922. The molecule has 1 aliphatic rings. The summed E-state index contributed by atoms with van der Waals surface area (Å²) in [7, 11) is 0. The van der Waals surface area contributed by atoms with Crippen molar-refractivity contribution in [2.45, 2.75) is 19.3 Å². The molecule has 26 heavy (non-hydrogen) atoms. The van der Waals surface area contributed by atoms with E-state index in [4.69, 9.17) is 4.63 Å². The lowest BCUT2D eigenvalue weighted by atomic mass is 9.99. The Balaban J connectivity index is 1.74. The molecular weight excluding hydrogens is 409 g/mol. The number of carbonyl (C=O) groups excluding carboxylic acids is 1. The molecule has 0 bridgehead atoms. The average Bonchev–Trinajstić information content (AvgIpc) is 3.11. The van der Waals surface area contributed by atoms with Crippen LogP contribution in [0.1, 0.15) is 24.1 Å². The van der Waals surface area contributed by atoms with Gasteiger partial charge in [0.2, 0.25) is 11.7 Å². The lowest BCUT2D eigenvalue weighted by molar-refractivity contribution is -0.120. The van der Waals surface area contributed by atoms with E-state index < -0.39 is 5.82 Å². The van der Waals surface area contributed by atoms with Gasteiger partial charge in [0.1, 0.15) is 11.5 Å². The number of hydrogen-bond donors (Lipinski definition) is 3. The molecule has 1 aliphatic heterocycles. The summed E-state index contributed by atoms with van der Waals surface area (Å²) < 4.78 is 18.4. The van der Waals surface area contributed by atoms with Gasteiger partial charge in [0.25, 0.3) is 0 Å². The molecule has 1 unspecified atom stereocenters. The molecule has 1 amide bonds. The van der Waals surface area contributed by atoms with Gasteiger partial charge in [-0.05, 0) is 63.3 Å². The van der Waals surface area contributed by atoms with E-state index in [1.54, 1.807) is 12.1 Å². The Labute approximate surface area is 156 Å². The number of nitrogens with one attached hydrogen (secondary N) is 2. The first-order chi connectivity index (χ1) is 12.6. The summed E-state index contributed by atoms with van der Waals surface area (Å²) in [5.41, 5.74) is 0.953. The van der Waals surface area contributed by atoms with Crippen molar-refractivity contribution >= 4 is 33.4 Å². The van der Waals surface area contributed by atoms with E-state index in [-0.39, 0.29) is 35.5 Å². The molecule has 138 valence electrons. The van der Waals surface area contributed by atoms with Crippen LogP contribution in [0.5, 0.6) is 0 Å². The van der Waals surface area contributed by atoms with Gasteiger partial charge >= 0.3 is 0 Å². The molecule has 2 heterocycles. The van der Waals surface area contributed by atoms with Crippen molar-refractivity contribution in [1.82, 2.24) is 15.6 Å². The number of anilines is 1. The molecule has 8 nitrogen and oxygen atoms in total. The molecule has 1 atom stereocenters. The van der Waals surface area contributed by atoms with Crippen molar-refractivity contribution in [1.29, 1.82) is 0 Å². The third-order valence-corrected chi connectivity index (χ3v) is 4.76. The summed E-state index contributed by atoms with van der Waals surface area (Å²) >= 11 is 3.11. The molecule has 1 fully saturated rings. The molecule has 10 heteroatoms. The summed E-state index contributed by atoms with van der Waals surface area (Å²) in [6, 6.07) is 4.43. The number of carbonyl (C=O) groups is 1. The average molecular weight is 426 g/mol. The summed E-state index contributed by atoms with van der Waals surface area (Å²) in [5.74, 6) is -0.672. The Morgan fingerprint density at radius 3 is 3.04 bits per heavy atom. The summed E-state index contributed by atoms with van der Waals surface area (Å²) in [4.78, 5) is 12.4. The van der Waals surface area contributed by atoms with Gasteiger partial charge < -0.3 is 15.8 Å². The third-order valence-electron chi connectivity index (χ3n) is 4.15. The zero-order chi connectivity index (χ0) is 18.5. The number of nitrogens with zero attached hydrogens (tertiary/aromatic N) is 3. The fraction of sp³-hybridized carbons (Fsp3) is 0.375. The predicted molar refractivity (Wildman–Crippen MR) is 94.6 cm³/mol. The van der Waals surface area contributed by atoms with Crippen molar-refractivity contribution in [3.8, 4) is 0 Å². The SMILES string of the molecule is O=C(Nc1nonc1/C(Cc1ccc(F)c(Br)c1)=N/O)C1CCCNC1. The molecule has 0 spiro atoms. The Morgan fingerprint density at radius 1 is 1.50 bits per heavy atom. The molecular formula is C16H17BrFN5O3. The van der Waals surface area contributed by atoms with Gasteiger partial charge in [0.05, 0.1) is 10.4 Å². The maximum absolute atomic E-state index is 13.4. The van der Waals surface area contributed by atoms with Crippen LogP contribution in [0.25, 0.3) is 0 Å². The van der Waals surface area contributed by atoms with Crippen LogP contribution in [0.2, 0.25) is 0 Å². The van der Waals surface area contributed by atoms with Gasteiger partial charge in [0, 0.05) is 13.0 Å². The topological polar surface area (TPSA) is 113 Å². The highest BCUT2D eigenvalue weighted by molar-refractivity contribution is 9.10. The third kappa shape index (κ3) is 4.25. The Morgan fingerprint density at radius 2 is 2.35 bits per heavy atom. The molecule has 1 saturated heterocycles. The van der Waals surface area contributed by atoms with Crippen LogP contribution in [0.3, 0.4) is 0 Å². The van der Waals surface area contributed by atoms with Crippen molar-refractivity contribution in [2.24, 2.45) is 11.1 Å². The van der Waals surface area contributed by atoms with Crippen molar-refractivity contribution in [3.63, 3.8) is 0 Å². The van der Waals surface area contributed by atoms with E-state index in [2.05, 4.69) is 42.0 Å². The molecule has 3 N–H and O–H groups in total. The number of oxime groups is 1. The second-order valence-corrected chi connectivity index (χ2v) is 6.82. The van der Waals surface area contributed by atoms with Gasteiger partial charge in [-0.1, -0.05) is 11.2 Å². The number of piperidine rings is 1. The normalized spacial score (nSPS) is 17.9. The largest absolute Gasteiger partial charge is 0.411 e. The molecule has 2 aromatic rings. The highest BCUT2D eigenvalue weighted by atomic mass is 79.9. The number of halogens is 2.